The van der Waals surface area contributed by atoms with E-state index in [-0.39, 0.29) is 29.4 Å². The van der Waals surface area contributed by atoms with Crippen molar-refractivity contribution in [2.24, 2.45) is 10.7 Å². The van der Waals surface area contributed by atoms with Crippen LogP contribution in [0.2, 0.25) is 0 Å². The highest BCUT2D eigenvalue weighted by Crippen LogP contribution is 2.50. The first-order valence-corrected chi connectivity index (χ1v) is 16.5. The molecule has 2 aliphatic rings. The second-order valence-corrected chi connectivity index (χ2v) is 12.3. The maximum atomic E-state index is 12.9. The fraction of sp³-hybridized carbons (Fsp3) is 0.324. The monoisotopic (exact) mass is 683 g/mol. The molecule has 1 aromatic carbocycles. The van der Waals surface area contributed by atoms with Gasteiger partial charge in [-0.15, -0.1) is 10.2 Å². The summed E-state index contributed by atoms with van der Waals surface area (Å²) in [5.74, 6) is -0.329. The largest absolute Gasteiger partial charge is 0.403 e. The standard InChI is InChI=1S/C34H39B2N13O2/c1-6-26-31-22(16-41-49(31)20-17-48(18-20)34(35,36)27-12-8-11-24(44-27)32(50)39-3)21-9-7-10-23(30(21)47(26)5)43-25-13-28(42-19(14-37)15-38-2)45-46-29(25)33(51)40-4/h7-16,20,26H,6,17-18,37H2,1-5H3,(H,39,50)(H,40,51)(H2,42,43,45)/b19-14+,38-15?. The predicted octanol–water partition coefficient (Wildman–Crippen LogP) is 2.02. The third-order valence-electron chi connectivity index (χ3n) is 9.26. The first-order chi connectivity index (χ1) is 24.6. The van der Waals surface area contributed by atoms with Crippen molar-refractivity contribution in [2.45, 2.75) is 30.8 Å². The van der Waals surface area contributed by atoms with Gasteiger partial charge in [0.2, 0.25) is 0 Å². The normalized spacial score (nSPS) is 16.3. The van der Waals surface area contributed by atoms with Crippen molar-refractivity contribution < 1.29 is 9.59 Å². The molecule has 1 unspecified atom stereocenters. The van der Waals surface area contributed by atoms with E-state index in [1.54, 1.807) is 51.6 Å². The summed E-state index contributed by atoms with van der Waals surface area (Å²) in [6.07, 6.45) is 5.63. The number of aromatic nitrogens is 5. The zero-order valence-corrected chi connectivity index (χ0v) is 29.2. The molecule has 258 valence electrons. The summed E-state index contributed by atoms with van der Waals surface area (Å²) < 4.78 is 2.08. The lowest BCUT2D eigenvalue weighted by molar-refractivity contribution is 0.0613. The number of carbonyl (C=O) groups excluding carboxylic acids is 2. The zero-order chi connectivity index (χ0) is 36.4. The number of allylic oxidation sites excluding steroid dienone is 1. The molecule has 51 heavy (non-hydrogen) atoms. The molecule has 6 rings (SSSR count). The second kappa shape index (κ2) is 14.3. The van der Waals surface area contributed by atoms with Crippen LogP contribution in [0.4, 0.5) is 22.9 Å². The number of nitrogens with zero attached hydrogens (tertiary/aromatic N) is 8. The lowest BCUT2D eigenvalue weighted by Gasteiger charge is -2.50. The summed E-state index contributed by atoms with van der Waals surface area (Å²) in [5.41, 5.74) is 12.3. The van der Waals surface area contributed by atoms with Gasteiger partial charge in [-0.25, -0.2) is 4.98 Å². The van der Waals surface area contributed by atoms with Gasteiger partial charge in [-0.2, -0.15) is 5.10 Å². The number of amides is 2. The van der Waals surface area contributed by atoms with Crippen molar-refractivity contribution in [3.05, 3.63) is 83.3 Å². The molecule has 1 saturated heterocycles. The number of pyridine rings is 1. The average molecular weight is 683 g/mol. The predicted molar refractivity (Wildman–Crippen MR) is 200 cm³/mol. The van der Waals surface area contributed by atoms with E-state index in [9.17, 15) is 9.59 Å². The maximum Gasteiger partial charge on any atom is 0.273 e. The molecule has 15 nitrogen and oxygen atoms in total. The smallest absolute Gasteiger partial charge is 0.273 e. The average Bonchev–Trinajstić information content (AvgIpc) is 3.54. The fourth-order valence-electron chi connectivity index (χ4n) is 6.62. The van der Waals surface area contributed by atoms with E-state index in [2.05, 4.69) is 71.1 Å². The number of likely N-dealkylation sites (tertiary alicyclic amines) is 1. The Morgan fingerprint density at radius 1 is 1.06 bits per heavy atom. The van der Waals surface area contributed by atoms with E-state index in [0.29, 0.717) is 36.0 Å². The van der Waals surface area contributed by atoms with Crippen molar-refractivity contribution in [2.75, 3.05) is 56.8 Å². The van der Waals surface area contributed by atoms with Gasteiger partial charge in [-0.3, -0.25) is 19.3 Å². The molecule has 2 aliphatic heterocycles. The highest BCUT2D eigenvalue weighted by molar-refractivity contribution is 6.39. The number of hydrogen-bond donors (Lipinski definition) is 5. The van der Waals surface area contributed by atoms with Gasteiger partial charge in [0.1, 0.15) is 5.69 Å². The Hall–Kier alpha value is -5.70. The van der Waals surface area contributed by atoms with Gasteiger partial charge in [0.25, 0.3) is 11.8 Å². The van der Waals surface area contributed by atoms with Crippen molar-refractivity contribution in [3.63, 3.8) is 0 Å². The van der Waals surface area contributed by atoms with Crippen LogP contribution >= 0.6 is 0 Å². The molecule has 1 fully saturated rings. The molecule has 3 aromatic heterocycles. The van der Waals surface area contributed by atoms with Crippen molar-refractivity contribution >= 4 is 56.6 Å². The summed E-state index contributed by atoms with van der Waals surface area (Å²) in [6.45, 7) is 3.23. The van der Waals surface area contributed by atoms with Gasteiger partial charge >= 0.3 is 0 Å². The maximum absolute atomic E-state index is 12.9. The topological polar surface area (TPSA) is 184 Å². The lowest BCUT2D eigenvalue weighted by Crippen LogP contribution is -2.60. The van der Waals surface area contributed by atoms with Gasteiger partial charge in [-0.05, 0) is 30.0 Å². The third kappa shape index (κ3) is 6.40. The SMILES string of the molecule is [B]C([B])(c1cccc(C(=O)NC)n1)N1CC(n2ncc3c2C(CC)N(C)c2c(Nc4cc(N/C(C=NC)=C/N)nnc4C(=O)NC)cccc2-3)C1. The first-order valence-electron chi connectivity index (χ1n) is 16.5. The van der Waals surface area contributed by atoms with Crippen molar-refractivity contribution in [3.8, 4) is 11.1 Å². The zero-order valence-electron chi connectivity index (χ0n) is 29.2. The summed E-state index contributed by atoms with van der Waals surface area (Å²) >= 11 is 0. The van der Waals surface area contributed by atoms with Crippen LogP contribution in [0.1, 0.15) is 57.8 Å². The van der Waals surface area contributed by atoms with Crippen LogP contribution in [-0.4, -0.2) is 105 Å². The molecule has 0 bridgehead atoms. The molecule has 0 spiro atoms. The molecular formula is C34H39B2N13O2. The first kappa shape index (κ1) is 35.1. The minimum atomic E-state index is -1.38. The van der Waals surface area contributed by atoms with Crippen LogP contribution in [0, 0.1) is 0 Å². The Kier molecular flexibility index (Phi) is 9.83. The summed E-state index contributed by atoms with van der Waals surface area (Å²) in [4.78, 5) is 37.7. The molecule has 2 amide bonds. The molecule has 0 saturated carbocycles. The summed E-state index contributed by atoms with van der Waals surface area (Å²) in [7, 11) is 20.0. The number of carbonyl (C=O) groups is 2. The van der Waals surface area contributed by atoms with E-state index in [4.69, 9.17) is 26.5 Å². The highest BCUT2D eigenvalue weighted by atomic mass is 16.2. The molecular weight excluding hydrogens is 644 g/mol. The summed E-state index contributed by atoms with van der Waals surface area (Å²) in [6, 6.07) is 12.8. The number of nitrogens with two attached hydrogens (primary N) is 1. The Morgan fingerprint density at radius 2 is 1.80 bits per heavy atom. The number of nitrogens with one attached hydrogen (secondary N) is 4. The van der Waals surface area contributed by atoms with E-state index in [1.165, 1.54) is 6.20 Å². The quantitative estimate of drug-likeness (QED) is 0.115. The number of benzene rings is 1. The molecule has 5 heterocycles. The Balaban J connectivity index is 1.31. The second-order valence-electron chi connectivity index (χ2n) is 12.3. The van der Waals surface area contributed by atoms with Crippen LogP contribution in [0.5, 0.6) is 0 Å². The number of anilines is 4. The van der Waals surface area contributed by atoms with E-state index < -0.39 is 11.2 Å². The van der Waals surface area contributed by atoms with Crippen LogP contribution < -0.4 is 31.9 Å². The van der Waals surface area contributed by atoms with Crippen molar-refractivity contribution in [1.82, 2.24) is 40.5 Å². The van der Waals surface area contributed by atoms with Crippen LogP contribution in [0.15, 0.2) is 65.6 Å². The van der Waals surface area contributed by atoms with Crippen LogP contribution in [0.25, 0.3) is 11.1 Å². The van der Waals surface area contributed by atoms with E-state index >= 15 is 0 Å². The minimum absolute atomic E-state index is 0.0156. The molecule has 1 atom stereocenters. The Bertz CT molecular complexity index is 2020. The Morgan fingerprint density at radius 3 is 2.49 bits per heavy atom. The number of hydrogen-bond acceptors (Lipinski definition) is 12. The van der Waals surface area contributed by atoms with Gasteiger partial charge < -0.3 is 36.8 Å². The lowest BCUT2D eigenvalue weighted by atomic mass is 9.57. The molecule has 6 N–H and O–H groups in total. The Labute approximate surface area is 299 Å². The summed E-state index contributed by atoms with van der Waals surface area (Å²) in [5, 5.41) is 23.7. The molecule has 4 radical (unpaired) electrons. The van der Waals surface area contributed by atoms with Gasteiger partial charge in [0.15, 0.2) is 11.5 Å². The van der Waals surface area contributed by atoms with Crippen molar-refractivity contribution in [1.29, 1.82) is 0 Å². The van der Waals surface area contributed by atoms with Crippen LogP contribution in [-0.2, 0) is 5.34 Å². The highest BCUT2D eigenvalue weighted by Gasteiger charge is 2.42. The molecule has 17 heteroatoms. The molecule has 4 aromatic rings. The number of rotatable bonds is 11. The van der Waals surface area contributed by atoms with E-state index in [1.807, 2.05) is 23.2 Å². The number of fused-ring (bicyclic) bond motifs is 3. The number of aliphatic imine (C=N–C) groups is 1. The molecule has 0 aliphatic carbocycles. The minimum Gasteiger partial charge on any atom is -0.403 e. The van der Waals surface area contributed by atoms with Gasteiger partial charge in [0.05, 0.1) is 62.4 Å². The van der Waals surface area contributed by atoms with Crippen LogP contribution in [0.3, 0.4) is 0 Å². The fourth-order valence-corrected chi connectivity index (χ4v) is 6.62. The number of para-hydroxylation sites is 1. The third-order valence-corrected chi connectivity index (χ3v) is 9.26. The van der Waals surface area contributed by atoms with Gasteiger partial charge in [-0.1, -0.05) is 25.1 Å². The van der Waals surface area contributed by atoms with Gasteiger partial charge in [0, 0.05) is 76.6 Å². The van der Waals surface area contributed by atoms with E-state index in [0.717, 1.165) is 34.6 Å².